The topological polar surface area (TPSA) is 77.4 Å². The number of hydrogen-bond acceptors (Lipinski definition) is 6. The molecular weight excluding hydrogens is 196 g/mol. The van der Waals surface area contributed by atoms with Crippen LogP contribution in [-0.4, -0.2) is 37.4 Å². The molecule has 2 rings (SSSR count). The summed E-state index contributed by atoms with van der Waals surface area (Å²) in [5.41, 5.74) is 5.68. The average molecular weight is 212 g/mol. The van der Waals surface area contributed by atoms with Crippen molar-refractivity contribution in [1.29, 1.82) is 0 Å². The van der Waals surface area contributed by atoms with E-state index in [4.69, 9.17) is 15.0 Å². The van der Waals surface area contributed by atoms with Crippen LogP contribution in [0.4, 0.5) is 5.95 Å². The third kappa shape index (κ3) is 1.95. The van der Waals surface area contributed by atoms with Crippen LogP contribution in [0.25, 0.3) is 0 Å². The van der Waals surface area contributed by atoms with Crippen LogP contribution in [0.5, 0.6) is 0 Å². The van der Waals surface area contributed by atoms with Gasteiger partial charge in [-0.1, -0.05) is 0 Å². The molecule has 1 aromatic heterocycles. The molecule has 1 aliphatic rings. The number of nitrogens with zero attached hydrogens (tertiary/aromatic N) is 3. The maximum atomic E-state index is 6.20. The lowest BCUT2D eigenvalue weighted by molar-refractivity contribution is 0.0400. The minimum absolute atomic E-state index is 0.509. The molecule has 84 valence electrons. The van der Waals surface area contributed by atoms with Gasteiger partial charge in [0.15, 0.2) is 0 Å². The first-order chi connectivity index (χ1) is 7.12. The Balaban J connectivity index is 2.20. The highest BCUT2D eigenvalue weighted by molar-refractivity contribution is 5.25. The minimum atomic E-state index is -0.514. The van der Waals surface area contributed by atoms with Gasteiger partial charge in [0.25, 0.3) is 5.95 Å². The van der Waals surface area contributed by atoms with Crippen LogP contribution < -0.4 is 10.6 Å². The molecule has 15 heavy (non-hydrogen) atoms. The lowest BCUT2D eigenvalue weighted by atomic mass is 9.91. The Morgan fingerprint density at radius 1 is 1.33 bits per heavy atom. The summed E-state index contributed by atoms with van der Waals surface area (Å²) < 4.78 is 10.4. The molecule has 0 unspecified atom stereocenters. The molecule has 6 nitrogen and oxygen atoms in total. The highest BCUT2D eigenvalue weighted by Gasteiger charge is 2.35. The second-order valence-corrected chi connectivity index (χ2v) is 4.06. The Morgan fingerprint density at radius 3 is 2.53 bits per heavy atom. The zero-order valence-corrected chi connectivity index (χ0v) is 9.06. The third-order valence-corrected chi connectivity index (χ3v) is 2.63. The summed E-state index contributed by atoms with van der Waals surface area (Å²) in [5.74, 6) is 1.07. The van der Waals surface area contributed by atoms with Crippen molar-refractivity contribution in [2.75, 3.05) is 32.2 Å². The van der Waals surface area contributed by atoms with Crippen molar-refractivity contribution in [3.05, 3.63) is 5.89 Å². The fourth-order valence-corrected chi connectivity index (χ4v) is 1.55. The van der Waals surface area contributed by atoms with E-state index in [-0.39, 0.29) is 0 Å². The summed E-state index contributed by atoms with van der Waals surface area (Å²) in [4.78, 5) is 6.06. The summed E-state index contributed by atoms with van der Waals surface area (Å²) in [7, 11) is 3.73. The van der Waals surface area contributed by atoms with Gasteiger partial charge in [-0.3, -0.25) is 0 Å². The average Bonchev–Trinajstić information content (AvgIpc) is 2.68. The standard InChI is InChI=1S/C9H16N4O2/c1-13(2)8-11-7(15-12-8)9(10)3-5-14-6-4-9/h3-6,10H2,1-2H3. The van der Waals surface area contributed by atoms with Crippen molar-refractivity contribution in [3.8, 4) is 0 Å². The summed E-state index contributed by atoms with van der Waals surface area (Å²) in [6.45, 7) is 1.30. The van der Waals surface area contributed by atoms with Crippen LogP contribution in [-0.2, 0) is 10.3 Å². The Hall–Kier alpha value is -1.14. The molecule has 0 spiro atoms. The highest BCUT2D eigenvalue weighted by Crippen LogP contribution is 2.28. The zero-order chi connectivity index (χ0) is 10.9. The molecule has 1 saturated heterocycles. The Kier molecular flexibility index (Phi) is 2.62. The number of rotatable bonds is 2. The van der Waals surface area contributed by atoms with E-state index in [9.17, 15) is 0 Å². The Morgan fingerprint density at radius 2 is 2.00 bits per heavy atom. The fourth-order valence-electron chi connectivity index (χ4n) is 1.55. The number of aromatic nitrogens is 2. The van der Waals surface area contributed by atoms with Crippen molar-refractivity contribution < 1.29 is 9.26 Å². The summed E-state index contributed by atoms with van der Waals surface area (Å²) in [6, 6.07) is 0. The molecule has 0 saturated carbocycles. The van der Waals surface area contributed by atoms with Gasteiger partial charge in [0.2, 0.25) is 5.89 Å². The molecule has 0 bridgehead atoms. The van der Waals surface area contributed by atoms with Crippen molar-refractivity contribution in [1.82, 2.24) is 10.1 Å². The molecular formula is C9H16N4O2. The number of anilines is 1. The van der Waals surface area contributed by atoms with Gasteiger partial charge in [-0.15, -0.1) is 0 Å². The fraction of sp³-hybridized carbons (Fsp3) is 0.778. The van der Waals surface area contributed by atoms with E-state index in [1.165, 1.54) is 0 Å². The van der Waals surface area contributed by atoms with E-state index < -0.39 is 5.54 Å². The van der Waals surface area contributed by atoms with Crippen LogP contribution in [0.15, 0.2) is 4.52 Å². The predicted octanol–water partition coefficient (Wildman–Crippen LogP) is 0.1000. The van der Waals surface area contributed by atoms with Crippen LogP contribution in [0, 0.1) is 0 Å². The van der Waals surface area contributed by atoms with Gasteiger partial charge >= 0.3 is 0 Å². The molecule has 0 radical (unpaired) electrons. The van der Waals surface area contributed by atoms with Crippen molar-refractivity contribution in [2.45, 2.75) is 18.4 Å². The van der Waals surface area contributed by atoms with Crippen molar-refractivity contribution >= 4 is 5.95 Å². The van der Waals surface area contributed by atoms with Crippen LogP contribution in [0.1, 0.15) is 18.7 Å². The van der Waals surface area contributed by atoms with E-state index in [0.29, 0.717) is 25.1 Å². The van der Waals surface area contributed by atoms with Crippen LogP contribution >= 0.6 is 0 Å². The van der Waals surface area contributed by atoms with Gasteiger partial charge in [-0.05, 0) is 18.0 Å². The van der Waals surface area contributed by atoms with Gasteiger partial charge in [0, 0.05) is 27.3 Å². The summed E-state index contributed by atoms with van der Waals surface area (Å²) in [5, 5.41) is 3.86. The van der Waals surface area contributed by atoms with Gasteiger partial charge in [0.1, 0.15) is 5.54 Å². The maximum absolute atomic E-state index is 6.20. The largest absolute Gasteiger partial charge is 0.381 e. The molecule has 0 atom stereocenters. The number of nitrogens with two attached hydrogens (primary N) is 1. The lowest BCUT2D eigenvalue weighted by Crippen LogP contribution is -2.42. The van der Waals surface area contributed by atoms with Gasteiger partial charge in [-0.25, -0.2) is 0 Å². The predicted molar refractivity (Wildman–Crippen MR) is 54.5 cm³/mol. The molecule has 1 fully saturated rings. The molecule has 0 aliphatic carbocycles. The summed E-state index contributed by atoms with van der Waals surface area (Å²) in [6.07, 6.45) is 1.45. The number of hydrogen-bond donors (Lipinski definition) is 1. The van der Waals surface area contributed by atoms with Crippen LogP contribution in [0.2, 0.25) is 0 Å². The van der Waals surface area contributed by atoms with E-state index in [1.54, 1.807) is 4.90 Å². The molecule has 6 heteroatoms. The SMILES string of the molecule is CN(C)c1noc(C2(N)CCOCC2)n1. The molecule has 0 amide bonds. The van der Waals surface area contributed by atoms with Crippen molar-refractivity contribution in [3.63, 3.8) is 0 Å². The Bertz CT molecular complexity index is 331. The highest BCUT2D eigenvalue weighted by atomic mass is 16.5. The second-order valence-electron chi connectivity index (χ2n) is 4.06. The molecule has 1 aliphatic heterocycles. The first kappa shape index (κ1) is 10.4. The number of ether oxygens (including phenoxy) is 1. The molecule has 2 N–H and O–H groups in total. The van der Waals surface area contributed by atoms with Gasteiger partial charge < -0.3 is 19.9 Å². The smallest absolute Gasteiger partial charge is 0.265 e. The van der Waals surface area contributed by atoms with Gasteiger partial charge in [-0.2, -0.15) is 4.98 Å². The van der Waals surface area contributed by atoms with E-state index in [1.807, 2.05) is 14.1 Å². The molecule has 2 heterocycles. The van der Waals surface area contributed by atoms with E-state index in [2.05, 4.69) is 10.1 Å². The van der Waals surface area contributed by atoms with Crippen molar-refractivity contribution in [2.24, 2.45) is 5.73 Å². The van der Waals surface area contributed by atoms with E-state index >= 15 is 0 Å². The zero-order valence-electron chi connectivity index (χ0n) is 9.06. The first-order valence-corrected chi connectivity index (χ1v) is 5.00. The van der Waals surface area contributed by atoms with Gasteiger partial charge in [0.05, 0.1) is 0 Å². The monoisotopic (exact) mass is 212 g/mol. The normalized spacial score (nSPS) is 20.2. The summed E-state index contributed by atoms with van der Waals surface area (Å²) >= 11 is 0. The molecule has 0 aromatic carbocycles. The van der Waals surface area contributed by atoms with Crippen LogP contribution in [0.3, 0.4) is 0 Å². The van der Waals surface area contributed by atoms with E-state index in [0.717, 1.165) is 12.8 Å². The third-order valence-electron chi connectivity index (χ3n) is 2.63. The lowest BCUT2D eigenvalue weighted by Gasteiger charge is -2.29. The molecule has 1 aromatic rings. The first-order valence-electron chi connectivity index (χ1n) is 5.00. The Labute approximate surface area is 88.4 Å². The second kappa shape index (κ2) is 3.79. The minimum Gasteiger partial charge on any atom is -0.381 e. The maximum Gasteiger partial charge on any atom is 0.265 e. The quantitative estimate of drug-likeness (QED) is 0.749.